The Hall–Kier alpha value is -2.02. The minimum absolute atomic E-state index is 0.0914. The van der Waals surface area contributed by atoms with Gasteiger partial charge in [0.2, 0.25) is 0 Å². The molecule has 0 aliphatic heterocycles. The van der Waals surface area contributed by atoms with E-state index in [2.05, 4.69) is 5.32 Å². The van der Waals surface area contributed by atoms with Crippen molar-refractivity contribution < 1.29 is 23.8 Å². The molecule has 0 bridgehead atoms. The van der Waals surface area contributed by atoms with Gasteiger partial charge in [-0.2, -0.15) is 0 Å². The van der Waals surface area contributed by atoms with E-state index in [9.17, 15) is 9.18 Å². The molecule has 0 saturated heterocycles. The van der Waals surface area contributed by atoms with Crippen LogP contribution >= 0.6 is 23.2 Å². The summed E-state index contributed by atoms with van der Waals surface area (Å²) in [6.45, 7) is 1.68. The summed E-state index contributed by atoms with van der Waals surface area (Å²) in [5.74, 6) is -0.714. The first-order valence-electron chi connectivity index (χ1n) is 7.71. The molecule has 1 atom stereocenters. The van der Waals surface area contributed by atoms with Crippen molar-refractivity contribution in [2.45, 2.75) is 26.1 Å². The van der Waals surface area contributed by atoms with Gasteiger partial charge in [-0.05, 0) is 30.7 Å². The van der Waals surface area contributed by atoms with Crippen LogP contribution in [0.3, 0.4) is 0 Å². The highest BCUT2D eigenvalue weighted by Crippen LogP contribution is 2.34. The third-order valence-corrected chi connectivity index (χ3v) is 4.44. The van der Waals surface area contributed by atoms with Crippen molar-refractivity contribution in [3.63, 3.8) is 0 Å². The number of ether oxygens (including phenoxy) is 2. The molecule has 0 radical (unpaired) electrons. The topological polar surface area (TPSA) is 67.8 Å². The normalized spacial score (nSPS) is 11.9. The van der Waals surface area contributed by atoms with E-state index >= 15 is 0 Å². The van der Waals surface area contributed by atoms with Crippen LogP contribution in [0, 0.1) is 5.82 Å². The molecule has 0 amide bonds. The van der Waals surface area contributed by atoms with Gasteiger partial charge < -0.3 is 19.9 Å². The van der Waals surface area contributed by atoms with Crippen molar-refractivity contribution in [3.05, 3.63) is 57.3 Å². The highest BCUT2D eigenvalue weighted by atomic mass is 35.5. The predicted molar refractivity (Wildman–Crippen MR) is 97.7 cm³/mol. The van der Waals surface area contributed by atoms with E-state index in [0.29, 0.717) is 22.1 Å². The summed E-state index contributed by atoms with van der Waals surface area (Å²) in [5.41, 5.74) is 0.876. The maximum atomic E-state index is 13.8. The Morgan fingerprint density at radius 2 is 2.00 bits per heavy atom. The zero-order chi connectivity index (χ0) is 19.3. The van der Waals surface area contributed by atoms with Crippen molar-refractivity contribution in [2.75, 3.05) is 7.11 Å². The number of carboxylic acid groups (broad SMARTS) is 1. The molecule has 1 unspecified atom stereocenters. The van der Waals surface area contributed by atoms with Gasteiger partial charge in [-0.1, -0.05) is 29.3 Å². The Morgan fingerprint density at radius 3 is 2.62 bits per heavy atom. The Balaban J connectivity index is 2.17. The maximum Gasteiger partial charge on any atom is 0.320 e. The molecule has 5 nitrogen and oxygen atoms in total. The molecule has 0 heterocycles. The van der Waals surface area contributed by atoms with Crippen molar-refractivity contribution in [3.8, 4) is 11.5 Å². The van der Waals surface area contributed by atoms with E-state index in [-0.39, 0.29) is 23.7 Å². The van der Waals surface area contributed by atoms with Gasteiger partial charge in [0.1, 0.15) is 18.5 Å². The number of benzene rings is 2. The number of methoxy groups -OCH3 is 1. The molecule has 0 aliphatic rings. The molecule has 0 aromatic heterocycles. The number of hydrogen-bond acceptors (Lipinski definition) is 4. The number of aliphatic carboxylic acids is 1. The fourth-order valence-corrected chi connectivity index (χ4v) is 2.59. The highest BCUT2D eigenvalue weighted by Gasteiger charge is 2.15. The summed E-state index contributed by atoms with van der Waals surface area (Å²) in [7, 11) is 1.46. The lowest BCUT2D eigenvalue weighted by Crippen LogP contribution is -2.33. The van der Waals surface area contributed by atoms with Crippen LogP contribution in [-0.4, -0.2) is 24.2 Å². The zero-order valence-electron chi connectivity index (χ0n) is 14.2. The molecule has 0 saturated carbocycles. The summed E-state index contributed by atoms with van der Waals surface area (Å²) in [4.78, 5) is 10.9. The second-order valence-corrected chi connectivity index (χ2v) is 6.34. The van der Waals surface area contributed by atoms with Crippen molar-refractivity contribution >= 4 is 29.2 Å². The van der Waals surface area contributed by atoms with E-state index in [1.807, 2.05) is 0 Å². The molecular weight excluding hydrogens is 384 g/mol. The van der Waals surface area contributed by atoms with Crippen LogP contribution in [0.1, 0.15) is 18.1 Å². The van der Waals surface area contributed by atoms with E-state index in [1.165, 1.54) is 32.2 Å². The lowest BCUT2D eigenvalue weighted by atomic mass is 10.1. The fraction of sp³-hybridized carbons (Fsp3) is 0.278. The highest BCUT2D eigenvalue weighted by molar-refractivity contribution is 6.31. The second-order valence-electron chi connectivity index (χ2n) is 5.52. The summed E-state index contributed by atoms with van der Waals surface area (Å²) < 4.78 is 24.8. The third kappa shape index (κ3) is 5.00. The molecule has 0 fully saturated rings. The lowest BCUT2D eigenvalue weighted by Gasteiger charge is -2.16. The predicted octanol–water partition coefficient (Wildman–Crippen LogP) is 4.28. The third-order valence-electron chi connectivity index (χ3n) is 3.74. The Labute approximate surface area is 160 Å². The second kappa shape index (κ2) is 9.07. The molecule has 8 heteroatoms. The minimum atomic E-state index is -0.963. The van der Waals surface area contributed by atoms with Gasteiger partial charge in [-0.15, -0.1) is 0 Å². The van der Waals surface area contributed by atoms with Gasteiger partial charge in [0, 0.05) is 23.2 Å². The summed E-state index contributed by atoms with van der Waals surface area (Å²) in [6, 6.07) is 6.84. The van der Waals surface area contributed by atoms with Crippen LogP contribution < -0.4 is 14.8 Å². The van der Waals surface area contributed by atoms with Gasteiger partial charge in [0.15, 0.2) is 11.5 Å². The largest absolute Gasteiger partial charge is 0.493 e. The maximum absolute atomic E-state index is 13.8. The van der Waals surface area contributed by atoms with Crippen molar-refractivity contribution in [1.82, 2.24) is 5.32 Å². The van der Waals surface area contributed by atoms with Gasteiger partial charge in [0.05, 0.1) is 12.1 Å². The monoisotopic (exact) mass is 401 g/mol. The van der Waals surface area contributed by atoms with Crippen LogP contribution in [0.4, 0.5) is 4.39 Å². The Morgan fingerprint density at radius 1 is 1.27 bits per heavy atom. The number of rotatable bonds is 8. The van der Waals surface area contributed by atoms with E-state index < -0.39 is 17.8 Å². The minimum Gasteiger partial charge on any atom is -0.493 e. The van der Waals surface area contributed by atoms with Gasteiger partial charge in [0.25, 0.3) is 0 Å². The van der Waals surface area contributed by atoms with Crippen LogP contribution in [0.25, 0.3) is 0 Å². The van der Waals surface area contributed by atoms with Crippen molar-refractivity contribution in [1.29, 1.82) is 0 Å². The van der Waals surface area contributed by atoms with E-state index in [1.54, 1.807) is 12.1 Å². The van der Waals surface area contributed by atoms with Gasteiger partial charge in [-0.3, -0.25) is 4.79 Å². The molecule has 26 heavy (non-hydrogen) atoms. The average molecular weight is 402 g/mol. The lowest BCUT2D eigenvalue weighted by molar-refractivity contribution is -0.139. The summed E-state index contributed by atoms with van der Waals surface area (Å²) >= 11 is 12.2. The summed E-state index contributed by atoms with van der Waals surface area (Å²) in [6.07, 6.45) is 0. The first kappa shape index (κ1) is 20.3. The number of hydrogen-bond donors (Lipinski definition) is 2. The fourth-order valence-electron chi connectivity index (χ4n) is 2.16. The van der Waals surface area contributed by atoms with Crippen LogP contribution in [0.2, 0.25) is 10.0 Å². The molecular formula is C18H18Cl2FNO4. The van der Waals surface area contributed by atoms with Crippen LogP contribution in [-0.2, 0) is 17.9 Å². The molecule has 0 aliphatic carbocycles. The Kier molecular flexibility index (Phi) is 7.08. The van der Waals surface area contributed by atoms with Crippen LogP contribution in [0.5, 0.6) is 11.5 Å². The zero-order valence-corrected chi connectivity index (χ0v) is 15.7. The molecule has 2 N–H and O–H groups in total. The first-order valence-corrected chi connectivity index (χ1v) is 8.47. The molecule has 140 valence electrons. The molecule has 0 spiro atoms. The quantitative estimate of drug-likeness (QED) is 0.690. The molecule has 2 rings (SSSR count). The van der Waals surface area contributed by atoms with Crippen molar-refractivity contribution in [2.24, 2.45) is 0 Å². The standard InChI is InChI=1S/C18H18Cl2FNO4/c1-10(18(23)24)22-8-11-6-16(25-2)17(7-14(11)20)26-9-12-13(19)4-3-5-15(12)21/h3-7,10,22H,8-9H2,1-2H3,(H,23,24). The average Bonchev–Trinajstić information content (AvgIpc) is 2.60. The first-order chi connectivity index (χ1) is 12.3. The number of halogens is 3. The van der Waals surface area contributed by atoms with Crippen LogP contribution in [0.15, 0.2) is 30.3 Å². The molecule has 2 aromatic rings. The smallest absolute Gasteiger partial charge is 0.320 e. The van der Waals surface area contributed by atoms with E-state index in [0.717, 1.165) is 0 Å². The number of nitrogens with one attached hydrogen (secondary N) is 1. The summed E-state index contributed by atoms with van der Waals surface area (Å²) in [5, 5.41) is 12.4. The van der Waals surface area contributed by atoms with Gasteiger partial charge in [-0.25, -0.2) is 4.39 Å². The molecule has 2 aromatic carbocycles. The number of carboxylic acids is 1. The Bertz CT molecular complexity index is 781. The SMILES string of the molecule is COc1cc(CNC(C)C(=O)O)c(Cl)cc1OCc1c(F)cccc1Cl. The van der Waals surface area contributed by atoms with E-state index in [4.69, 9.17) is 37.8 Å². The number of carbonyl (C=O) groups is 1. The van der Waals surface area contributed by atoms with Gasteiger partial charge >= 0.3 is 5.97 Å².